The molecule has 2 atom stereocenters. The van der Waals surface area contributed by atoms with Gasteiger partial charge in [-0.1, -0.05) is 66.5 Å². The fourth-order valence-electron chi connectivity index (χ4n) is 8.59. The summed E-state index contributed by atoms with van der Waals surface area (Å²) in [7, 11) is 0. The third-order valence-corrected chi connectivity index (χ3v) is 12.1. The Balaban J connectivity index is 0.996. The monoisotopic (exact) mass is 751 g/mol. The maximum absolute atomic E-state index is 12.0. The normalized spacial score (nSPS) is 21.8. The number of carbonyl (C=O) groups is 2. The summed E-state index contributed by atoms with van der Waals surface area (Å²) in [5.41, 5.74) is 7.18. The molecular formula is C39H39Cl2N9O3. The maximum Gasteiger partial charge on any atom is 0.239 e. The van der Waals surface area contributed by atoms with Gasteiger partial charge in [0.15, 0.2) is 11.9 Å². The first-order chi connectivity index (χ1) is 25.6. The Kier molecular flexibility index (Phi) is 8.22. The zero-order chi connectivity index (χ0) is 36.6. The van der Waals surface area contributed by atoms with Gasteiger partial charge in [0.25, 0.3) is 0 Å². The van der Waals surface area contributed by atoms with Crippen LogP contribution in [0.3, 0.4) is 0 Å². The molecule has 14 heteroatoms. The SMILES string of the molecule is CCn1cc(CN2CC3(CCC(=O)N3)C2)c2ncc(-c3cccc(-c4cccc(-c5cnc6c(n5)OC5N(C6)CC5(CC)NC(C)=O)c4Cl)c3Cl)nc21. The third-order valence-electron chi connectivity index (χ3n) is 11.2. The Hall–Kier alpha value is -4.62. The third kappa shape index (κ3) is 5.65. The van der Waals surface area contributed by atoms with Gasteiger partial charge in [0.05, 0.1) is 39.4 Å². The molecule has 0 aliphatic carbocycles. The Morgan fingerprint density at radius 3 is 2.30 bits per heavy atom. The summed E-state index contributed by atoms with van der Waals surface area (Å²) >= 11 is 14.4. The molecule has 2 aromatic carbocycles. The van der Waals surface area contributed by atoms with E-state index in [4.69, 9.17) is 47.9 Å². The fraction of sp³-hybridized carbons (Fsp3) is 0.385. The number of benzene rings is 2. The number of aromatic nitrogens is 5. The summed E-state index contributed by atoms with van der Waals surface area (Å²) in [5, 5.41) is 7.26. The largest absolute Gasteiger partial charge is 0.454 e. The van der Waals surface area contributed by atoms with Gasteiger partial charge in [0.2, 0.25) is 17.7 Å². The molecule has 4 aliphatic rings. The van der Waals surface area contributed by atoms with E-state index >= 15 is 0 Å². The van der Waals surface area contributed by atoms with Crippen LogP contribution < -0.4 is 15.4 Å². The van der Waals surface area contributed by atoms with E-state index in [0.29, 0.717) is 52.4 Å². The molecule has 3 fully saturated rings. The molecule has 4 aliphatic heterocycles. The molecule has 1 spiro atoms. The molecule has 7 heterocycles. The van der Waals surface area contributed by atoms with Gasteiger partial charge >= 0.3 is 0 Å². The maximum atomic E-state index is 12.0. The predicted molar refractivity (Wildman–Crippen MR) is 202 cm³/mol. The van der Waals surface area contributed by atoms with E-state index in [1.165, 1.54) is 6.92 Å². The van der Waals surface area contributed by atoms with Gasteiger partial charge < -0.3 is 19.9 Å². The lowest BCUT2D eigenvalue weighted by Gasteiger charge is -2.57. The summed E-state index contributed by atoms with van der Waals surface area (Å²) < 4.78 is 8.51. The Labute approximate surface area is 316 Å². The zero-order valence-electron chi connectivity index (χ0n) is 29.7. The Morgan fingerprint density at radius 1 is 0.981 bits per heavy atom. The molecule has 0 bridgehead atoms. The highest BCUT2D eigenvalue weighted by atomic mass is 35.5. The summed E-state index contributed by atoms with van der Waals surface area (Å²) in [5.74, 6) is 0.507. The van der Waals surface area contributed by atoms with Crippen LogP contribution in [0.4, 0.5) is 0 Å². The number of halogens is 2. The lowest BCUT2D eigenvalue weighted by atomic mass is 9.83. The minimum absolute atomic E-state index is 0.0678. The minimum Gasteiger partial charge on any atom is -0.454 e. The molecular weight excluding hydrogens is 713 g/mol. The molecule has 0 radical (unpaired) electrons. The molecule has 2 N–H and O–H groups in total. The molecule has 9 rings (SSSR count). The van der Waals surface area contributed by atoms with Crippen LogP contribution in [0.5, 0.6) is 5.88 Å². The Bertz CT molecular complexity index is 2320. The smallest absolute Gasteiger partial charge is 0.239 e. The number of nitrogens with zero attached hydrogens (tertiary/aromatic N) is 7. The van der Waals surface area contributed by atoms with Gasteiger partial charge in [-0.3, -0.25) is 29.4 Å². The quantitative estimate of drug-likeness (QED) is 0.201. The average Bonchev–Trinajstić information content (AvgIpc) is 3.70. The molecule has 2 amide bonds. The number of amides is 2. The van der Waals surface area contributed by atoms with Crippen LogP contribution in [0.15, 0.2) is 55.0 Å². The summed E-state index contributed by atoms with van der Waals surface area (Å²) in [6.07, 6.45) is 7.57. The molecule has 12 nitrogen and oxygen atoms in total. The van der Waals surface area contributed by atoms with Crippen LogP contribution in [0, 0.1) is 0 Å². The van der Waals surface area contributed by atoms with Crippen LogP contribution in [0.25, 0.3) is 44.8 Å². The van der Waals surface area contributed by atoms with E-state index in [1.807, 2.05) is 43.3 Å². The highest BCUT2D eigenvalue weighted by Crippen LogP contribution is 2.44. The zero-order valence-corrected chi connectivity index (χ0v) is 31.3. The molecule has 2 unspecified atom stereocenters. The van der Waals surface area contributed by atoms with E-state index in [-0.39, 0.29) is 23.6 Å². The number of nitrogens with one attached hydrogen (secondary N) is 2. The number of ether oxygens (including phenoxy) is 1. The number of rotatable bonds is 8. The van der Waals surface area contributed by atoms with Crippen molar-refractivity contribution in [2.75, 3.05) is 19.6 Å². The van der Waals surface area contributed by atoms with Crippen LogP contribution in [0.2, 0.25) is 10.0 Å². The number of carbonyl (C=O) groups excluding carboxylic acids is 2. The average molecular weight is 753 g/mol. The second kappa shape index (κ2) is 12.8. The topological polar surface area (TPSA) is 130 Å². The van der Waals surface area contributed by atoms with Crippen molar-refractivity contribution >= 4 is 46.2 Å². The number of hydrogen-bond donors (Lipinski definition) is 2. The van der Waals surface area contributed by atoms with E-state index in [1.54, 1.807) is 12.4 Å². The van der Waals surface area contributed by atoms with Crippen molar-refractivity contribution in [3.05, 3.63) is 76.3 Å². The van der Waals surface area contributed by atoms with E-state index < -0.39 is 5.54 Å². The fourth-order valence-corrected chi connectivity index (χ4v) is 9.24. The first kappa shape index (κ1) is 34.2. The van der Waals surface area contributed by atoms with E-state index in [9.17, 15) is 9.59 Å². The van der Waals surface area contributed by atoms with Gasteiger partial charge in [-0.25, -0.2) is 9.97 Å². The van der Waals surface area contributed by atoms with Gasteiger partial charge in [-0.15, -0.1) is 0 Å². The first-order valence-electron chi connectivity index (χ1n) is 18.1. The summed E-state index contributed by atoms with van der Waals surface area (Å²) in [6.45, 7) is 10.1. The van der Waals surface area contributed by atoms with Crippen molar-refractivity contribution in [1.82, 2.24) is 44.9 Å². The predicted octanol–water partition coefficient (Wildman–Crippen LogP) is 5.83. The van der Waals surface area contributed by atoms with Gasteiger partial charge in [-0.2, -0.15) is 0 Å². The second-order valence-electron chi connectivity index (χ2n) is 14.7. The lowest BCUT2D eigenvalue weighted by Crippen LogP contribution is -2.78. The van der Waals surface area contributed by atoms with Crippen LogP contribution in [0.1, 0.15) is 51.3 Å². The number of fused-ring (bicyclic) bond motifs is 3. The van der Waals surface area contributed by atoms with Crippen molar-refractivity contribution in [3.8, 4) is 39.5 Å². The molecule has 3 aromatic heterocycles. The highest BCUT2D eigenvalue weighted by Gasteiger charge is 2.56. The lowest BCUT2D eigenvalue weighted by molar-refractivity contribution is -0.170. The number of likely N-dealkylation sites (tertiary alicyclic amines) is 1. The minimum atomic E-state index is -0.467. The summed E-state index contributed by atoms with van der Waals surface area (Å²) in [4.78, 5) is 47.9. The summed E-state index contributed by atoms with van der Waals surface area (Å²) in [6, 6.07) is 11.6. The molecule has 3 saturated heterocycles. The van der Waals surface area contributed by atoms with Crippen molar-refractivity contribution in [2.24, 2.45) is 0 Å². The van der Waals surface area contributed by atoms with Crippen molar-refractivity contribution in [1.29, 1.82) is 0 Å². The van der Waals surface area contributed by atoms with Crippen molar-refractivity contribution in [2.45, 2.75) is 77.0 Å². The molecule has 53 heavy (non-hydrogen) atoms. The molecule has 5 aromatic rings. The van der Waals surface area contributed by atoms with Gasteiger partial charge in [0.1, 0.15) is 16.7 Å². The number of hydrogen-bond acceptors (Lipinski definition) is 9. The highest BCUT2D eigenvalue weighted by molar-refractivity contribution is 6.39. The number of aryl methyl sites for hydroxylation is 1. The standard InChI is InChI=1S/C39H39Cl2N9O3/c1-4-39(46-22(3)51)21-50-18-30-36(53-37(39)50)45-29(14-42-30)27-11-7-9-25(33(27)41)24-8-6-10-26(32(24)40)28-15-43-34-23(17-49(5-2)35(34)44-28)16-48-19-38(20-48)13-12-31(52)47-38/h6-11,14-15,17,37H,4-5,12-13,16,18-21H2,1-3H3,(H,46,51)(H,47,52). The van der Waals surface area contributed by atoms with Crippen LogP contribution in [-0.2, 0) is 29.2 Å². The van der Waals surface area contributed by atoms with Gasteiger partial charge in [0, 0.05) is 86.6 Å². The Morgan fingerprint density at radius 2 is 1.66 bits per heavy atom. The van der Waals surface area contributed by atoms with Gasteiger partial charge in [-0.05, 0) is 19.8 Å². The van der Waals surface area contributed by atoms with Crippen molar-refractivity contribution in [3.63, 3.8) is 0 Å². The van der Waals surface area contributed by atoms with Crippen LogP contribution >= 0.6 is 23.2 Å². The van der Waals surface area contributed by atoms with Crippen LogP contribution in [-0.4, -0.2) is 83.1 Å². The molecule has 0 saturated carbocycles. The second-order valence-corrected chi connectivity index (χ2v) is 15.5. The van der Waals surface area contributed by atoms with E-state index in [0.717, 1.165) is 78.1 Å². The van der Waals surface area contributed by atoms with E-state index in [2.05, 4.69) is 38.1 Å². The molecule has 272 valence electrons. The van der Waals surface area contributed by atoms with Crippen molar-refractivity contribution < 1.29 is 14.3 Å². The first-order valence-corrected chi connectivity index (χ1v) is 18.9.